The van der Waals surface area contributed by atoms with Crippen molar-refractivity contribution < 1.29 is 12.8 Å². The molecule has 0 saturated carbocycles. The molecule has 0 saturated heterocycles. The maximum atomic E-state index is 12.0. The molecule has 1 heterocycles. The molecule has 7 heteroatoms. The van der Waals surface area contributed by atoms with Crippen LogP contribution in [-0.2, 0) is 15.6 Å². The van der Waals surface area contributed by atoms with Gasteiger partial charge < -0.3 is 9.32 Å². The number of rotatable bonds is 4. The second-order valence-electron chi connectivity index (χ2n) is 3.94. The minimum absolute atomic E-state index is 0.0857. The van der Waals surface area contributed by atoms with Crippen LogP contribution in [0.15, 0.2) is 39.6 Å². The molecular formula is C11H13N3O3S. The van der Waals surface area contributed by atoms with Gasteiger partial charge in [0.1, 0.15) is 5.75 Å². The van der Waals surface area contributed by atoms with Gasteiger partial charge in [0.2, 0.25) is 5.89 Å². The number of hydrogen-bond donors (Lipinski definition) is 0. The number of hydrogen-bond acceptors (Lipinski definition) is 6. The van der Waals surface area contributed by atoms with Crippen LogP contribution >= 0.6 is 0 Å². The van der Waals surface area contributed by atoms with Gasteiger partial charge in [-0.1, -0.05) is 23.3 Å². The third-order valence-corrected chi connectivity index (χ3v) is 3.87. The summed E-state index contributed by atoms with van der Waals surface area (Å²) in [5, 5.41) is 7.45. The lowest BCUT2D eigenvalue weighted by molar-refractivity contribution is 0.507. The topological polar surface area (TPSA) is 76.3 Å². The normalized spacial score (nSPS) is 11.4. The largest absolute Gasteiger partial charge is 0.407 e. The van der Waals surface area contributed by atoms with Gasteiger partial charge >= 0.3 is 6.01 Å². The van der Waals surface area contributed by atoms with E-state index in [0.717, 1.165) is 0 Å². The fourth-order valence-electron chi connectivity index (χ4n) is 1.36. The first-order valence-electron chi connectivity index (χ1n) is 5.26. The molecule has 0 aliphatic heterocycles. The van der Waals surface area contributed by atoms with Crippen LogP contribution < -0.4 is 4.90 Å². The van der Waals surface area contributed by atoms with E-state index in [1.165, 1.54) is 0 Å². The second kappa shape index (κ2) is 4.77. The van der Waals surface area contributed by atoms with Crippen molar-refractivity contribution >= 4 is 15.9 Å². The van der Waals surface area contributed by atoms with Gasteiger partial charge in [0.15, 0.2) is 9.84 Å². The molecule has 0 N–H and O–H groups in total. The van der Waals surface area contributed by atoms with E-state index < -0.39 is 9.84 Å². The summed E-state index contributed by atoms with van der Waals surface area (Å²) in [5.41, 5.74) is 0. The van der Waals surface area contributed by atoms with Gasteiger partial charge in [0.25, 0.3) is 0 Å². The summed E-state index contributed by atoms with van der Waals surface area (Å²) in [7, 11) is 0.0377. The molecule has 6 nitrogen and oxygen atoms in total. The number of aromatic nitrogens is 2. The van der Waals surface area contributed by atoms with Crippen molar-refractivity contribution in [1.29, 1.82) is 0 Å². The van der Waals surface area contributed by atoms with Gasteiger partial charge in [0, 0.05) is 14.1 Å². The minimum Gasteiger partial charge on any atom is -0.407 e. The SMILES string of the molecule is CN(C)c1nnc(CS(=O)(=O)c2ccccc2)o1. The zero-order chi connectivity index (χ0) is 13.2. The van der Waals surface area contributed by atoms with E-state index in [1.807, 2.05) is 0 Å². The van der Waals surface area contributed by atoms with Crippen LogP contribution in [0.2, 0.25) is 0 Å². The summed E-state index contributed by atoms with van der Waals surface area (Å²) in [6.45, 7) is 0. The molecule has 0 aliphatic rings. The summed E-state index contributed by atoms with van der Waals surface area (Å²) in [5.74, 6) is -0.208. The Morgan fingerprint density at radius 2 is 1.83 bits per heavy atom. The summed E-state index contributed by atoms with van der Waals surface area (Å²) < 4.78 is 29.3. The highest BCUT2D eigenvalue weighted by molar-refractivity contribution is 7.90. The fraction of sp³-hybridized carbons (Fsp3) is 0.273. The molecule has 0 unspecified atom stereocenters. The quantitative estimate of drug-likeness (QED) is 0.826. The molecule has 0 atom stereocenters. The van der Waals surface area contributed by atoms with Crippen molar-refractivity contribution in [2.75, 3.05) is 19.0 Å². The molecule has 18 heavy (non-hydrogen) atoms. The van der Waals surface area contributed by atoms with Crippen LogP contribution in [0.4, 0.5) is 6.01 Å². The molecule has 2 rings (SSSR count). The Labute approximate surface area is 105 Å². The van der Waals surface area contributed by atoms with E-state index in [9.17, 15) is 8.42 Å². The van der Waals surface area contributed by atoms with Crippen molar-refractivity contribution in [2.45, 2.75) is 10.6 Å². The van der Waals surface area contributed by atoms with Gasteiger partial charge in [-0.15, -0.1) is 5.10 Å². The zero-order valence-corrected chi connectivity index (χ0v) is 10.9. The summed E-state index contributed by atoms with van der Waals surface area (Å²) >= 11 is 0. The van der Waals surface area contributed by atoms with Crippen LogP contribution in [0.1, 0.15) is 5.89 Å². The number of benzene rings is 1. The van der Waals surface area contributed by atoms with E-state index in [-0.39, 0.29) is 22.6 Å². The van der Waals surface area contributed by atoms with Gasteiger partial charge in [-0.05, 0) is 12.1 Å². The maximum Gasteiger partial charge on any atom is 0.317 e. The molecule has 0 spiro atoms. The molecule has 1 aromatic heterocycles. The van der Waals surface area contributed by atoms with Crippen molar-refractivity contribution in [3.8, 4) is 0 Å². The van der Waals surface area contributed by atoms with E-state index in [0.29, 0.717) is 0 Å². The van der Waals surface area contributed by atoms with Gasteiger partial charge in [0.05, 0.1) is 4.90 Å². The monoisotopic (exact) mass is 267 g/mol. The molecule has 1 aromatic carbocycles. The van der Waals surface area contributed by atoms with E-state index in [4.69, 9.17) is 4.42 Å². The smallest absolute Gasteiger partial charge is 0.317 e. The first-order chi connectivity index (χ1) is 8.49. The molecular weight excluding hydrogens is 254 g/mol. The Morgan fingerprint density at radius 1 is 1.17 bits per heavy atom. The Kier molecular flexibility index (Phi) is 3.33. The van der Waals surface area contributed by atoms with Crippen LogP contribution in [0.5, 0.6) is 0 Å². The average Bonchev–Trinajstić information content (AvgIpc) is 2.78. The van der Waals surface area contributed by atoms with E-state index in [1.54, 1.807) is 49.3 Å². The van der Waals surface area contributed by atoms with E-state index >= 15 is 0 Å². The van der Waals surface area contributed by atoms with Crippen LogP contribution in [0, 0.1) is 0 Å². The molecule has 0 radical (unpaired) electrons. The summed E-state index contributed by atoms with van der Waals surface area (Å²) in [6.07, 6.45) is 0. The second-order valence-corrected chi connectivity index (χ2v) is 5.93. The van der Waals surface area contributed by atoms with Crippen LogP contribution in [-0.4, -0.2) is 32.7 Å². The highest BCUT2D eigenvalue weighted by Gasteiger charge is 2.19. The standard InChI is InChI=1S/C11H13N3O3S/c1-14(2)11-13-12-10(17-11)8-18(15,16)9-6-4-3-5-7-9/h3-7H,8H2,1-2H3. The lowest BCUT2D eigenvalue weighted by atomic mass is 10.4. The van der Waals surface area contributed by atoms with Gasteiger partial charge in [-0.2, -0.15) is 0 Å². The molecule has 0 amide bonds. The lowest BCUT2D eigenvalue weighted by Gasteiger charge is -2.03. The molecule has 96 valence electrons. The van der Waals surface area contributed by atoms with Gasteiger partial charge in [-0.3, -0.25) is 0 Å². The molecule has 0 aliphatic carbocycles. The van der Waals surface area contributed by atoms with Crippen molar-refractivity contribution in [3.63, 3.8) is 0 Å². The number of sulfone groups is 1. The van der Waals surface area contributed by atoms with Crippen LogP contribution in [0.3, 0.4) is 0 Å². The fourth-order valence-corrected chi connectivity index (χ4v) is 2.54. The third kappa shape index (κ3) is 2.67. The maximum absolute atomic E-state index is 12.0. The summed E-state index contributed by atoms with van der Waals surface area (Å²) in [6, 6.07) is 8.47. The minimum atomic E-state index is -3.44. The Hall–Kier alpha value is -1.89. The van der Waals surface area contributed by atoms with Crippen molar-refractivity contribution in [3.05, 3.63) is 36.2 Å². The molecule has 0 bridgehead atoms. The van der Waals surface area contributed by atoms with Gasteiger partial charge in [-0.25, -0.2) is 8.42 Å². The predicted molar refractivity (Wildman–Crippen MR) is 66.0 cm³/mol. The Morgan fingerprint density at radius 3 is 2.39 bits per heavy atom. The Bertz CT molecular complexity index is 620. The molecule has 2 aromatic rings. The summed E-state index contributed by atoms with van der Waals surface area (Å²) in [4.78, 5) is 1.86. The first-order valence-corrected chi connectivity index (χ1v) is 6.92. The van der Waals surface area contributed by atoms with E-state index in [2.05, 4.69) is 10.2 Å². The number of anilines is 1. The first kappa shape index (κ1) is 12.6. The highest BCUT2D eigenvalue weighted by Crippen LogP contribution is 2.17. The highest BCUT2D eigenvalue weighted by atomic mass is 32.2. The zero-order valence-electron chi connectivity index (χ0n) is 10.1. The lowest BCUT2D eigenvalue weighted by Crippen LogP contribution is -2.08. The van der Waals surface area contributed by atoms with Crippen LogP contribution in [0.25, 0.3) is 0 Å². The third-order valence-electron chi connectivity index (χ3n) is 2.25. The molecule has 0 fully saturated rings. The number of nitrogens with zero attached hydrogens (tertiary/aromatic N) is 3. The van der Waals surface area contributed by atoms with Crippen molar-refractivity contribution in [2.24, 2.45) is 0 Å². The predicted octanol–water partition coefficient (Wildman–Crippen LogP) is 1.11. The van der Waals surface area contributed by atoms with Crippen molar-refractivity contribution in [1.82, 2.24) is 10.2 Å². The Balaban J connectivity index is 2.23. The average molecular weight is 267 g/mol.